The van der Waals surface area contributed by atoms with E-state index in [2.05, 4.69) is 0 Å². The fraction of sp³-hybridized carbons (Fsp3) is 1.00. The van der Waals surface area contributed by atoms with Gasteiger partial charge < -0.3 is 21.1 Å². The molecule has 0 radical (unpaired) electrons. The van der Waals surface area contributed by atoms with Crippen molar-refractivity contribution in [1.82, 2.24) is 0 Å². The van der Waals surface area contributed by atoms with Gasteiger partial charge in [-0.3, -0.25) is 0 Å². The molecule has 0 amide bonds. The zero-order valence-electron chi connectivity index (χ0n) is 9.98. The normalized spacial score (nSPS) is 21.8. The van der Waals surface area contributed by atoms with Gasteiger partial charge in [0.2, 0.25) is 0 Å². The first kappa shape index (κ1) is 14.8. The number of nitrogens with two attached hydrogens (primary N) is 1. The summed E-state index contributed by atoms with van der Waals surface area (Å²) in [5.74, 6) is 0. The van der Waals surface area contributed by atoms with Gasteiger partial charge in [0, 0.05) is 0 Å². The summed E-state index contributed by atoms with van der Waals surface area (Å²) in [7, 11) is 0. The Morgan fingerprint density at radius 3 is 1.60 bits per heavy atom. The van der Waals surface area contributed by atoms with Crippen LogP contribution in [0.3, 0.4) is 0 Å². The van der Waals surface area contributed by atoms with Crippen LogP contribution in [0.4, 0.5) is 0 Å². The molecule has 0 rings (SSSR count). The third-order valence-corrected chi connectivity index (χ3v) is 3.07. The number of aliphatic hydroxyl groups is 3. The highest BCUT2D eigenvalue weighted by molar-refractivity contribution is 4.98. The maximum absolute atomic E-state index is 9.83. The SMILES string of the molecule is CCC(O)CC(N)(C(O)CC)C(O)CC. The van der Waals surface area contributed by atoms with Crippen molar-refractivity contribution in [3.8, 4) is 0 Å². The van der Waals surface area contributed by atoms with Gasteiger partial charge in [0.25, 0.3) is 0 Å². The second-order valence-electron chi connectivity index (χ2n) is 4.23. The minimum atomic E-state index is -1.10. The Kier molecular flexibility index (Phi) is 6.36. The highest BCUT2D eigenvalue weighted by atomic mass is 16.3. The molecule has 0 aliphatic carbocycles. The zero-order chi connectivity index (χ0) is 12.1. The summed E-state index contributed by atoms with van der Waals surface area (Å²) in [5.41, 5.74) is 4.92. The summed E-state index contributed by atoms with van der Waals surface area (Å²) >= 11 is 0. The van der Waals surface area contributed by atoms with Crippen molar-refractivity contribution < 1.29 is 15.3 Å². The van der Waals surface area contributed by atoms with Gasteiger partial charge in [-0.25, -0.2) is 0 Å². The van der Waals surface area contributed by atoms with Crippen LogP contribution in [0.15, 0.2) is 0 Å². The van der Waals surface area contributed by atoms with Gasteiger partial charge >= 0.3 is 0 Å². The summed E-state index contributed by atoms with van der Waals surface area (Å²) in [6.45, 7) is 5.47. The monoisotopic (exact) mass is 219 g/mol. The molecule has 92 valence electrons. The van der Waals surface area contributed by atoms with E-state index in [0.29, 0.717) is 19.3 Å². The van der Waals surface area contributed by atoms with Crippen molar-refractivity contribution >= 4 is 0 Å². The topological polar surface area (TPSA) is 86.7 Å². The predicted octanol–water partition coefficient (Wildman–Crippen LogP) is 0.387. The fourth-order valence-corrected chi connectivity index (χ4v) is 1.81. The summed E-state index contributed by atoms with van der Waals surface area (Å²) in [4.78, 5) is 0. The first-order chi connectivity index (χ1) is 6.92. The van der Waals surface area contributed by atoms with Gasteiger partial charge in [0.05, 0.1) is 23.9 Å². The van der Waals surface area contributed by atoms with Crippen molar-refractivity contribution in [1.29, 1.82) is 0 Å². The van der Waals surface area contributed by atoms with Crippen LogP contribution in [-0.2, 0) is 0 Å². The van der Waals surface area contributed by atoms with E-state index in [1.165, 1.54) is 0 Å². The second kappa shape index (κ2) is 6.43. The zero-order valence-corrected chi connectivity index (χ0v) is 9.98. The van der Waals surface area contributed by atoms with Crippen LogP contribution in [0.1, 0.15) is 46.5 Å². The Hall–Kier alpha value is -0.160. The van der Waals surface area contributed by atoms with Crippen LogP contribution in [-0.4, -0.2) is 39.2 Å². The van der Waals surface area contributed by atoms with Crippen molar-refractivity contribution in [3.05, 3.63) is 0 Å². The molecule has 0 saturated heterocycles. The van der Waals surface area contributed by atoms with Gasteiger partial charge in [-0.1, -0.05) is 20.8 Å². The van der Waals surface area contributed by atoms with E-state index in [0.717, 1.165) is 0 Å². The smallest absolute Gasteiger partial charge is 0.0743 e. The average Bonchev–Trinajstić information content (AvgIpc) is 2.25. The molecule has 0 fully saturated rings. The third kappa shape index (κ3) is 3.72. The minimum absolute atomic E-state index is 0.230. The molecule has 15 heavy (non-hydrogen) atoms. The Bertz CT molecular complexity index is 165. The highest BCUT2D eigenvalue weighted by Crippen LogP contribution is 2.24. The molecule has 0 heterocycles. The summed E-state index contributed by atoms with van der Waals surface area (Å²) in [6.07, 6.45) is -0.382. The van der Waals surface area contributed by atoms with Gasteiger partial charge in [-0.05, 0) is 25.7 Å². The van der Waals surface area contributed by atoms with Crippen LogP contribution in [0.2, 0.25) is 0 Å². The maximum Gasteiger partial charge on any atom is 0.0743 e. The molecule has 4 heteroatoms. The molecule has 0 aromatic rings. The third-order valence-electron chi connectivity index (χ3n) is 3.07. The summed E-state index contributed by atoms with van der Waals surface area (Å²) in [6, 6.07) is 0. The van der Waals surface area contributed by atoms with Gasteiger partial charge in [-0.15, -0.1) is 0 Å². The predicted molar refractivity (Wildman–Crippen MR) is 60.4 cm³/mol. The molecular weight excluding hydrogens is 194 g/mol. The Morgan fingerprint density at radius 2 is 1.33 bits per heavy atom. The highest BCUT2D eigenvalue weighted by Gasteiger charge is 2.40. The molecule has 0 spiro atoms. The van der Waals surface area contributed by atoms with E-state index in [1.807, 2.05) is 20.8 Å². The largest absolute Gasteiger partial charge is 0.393 e. The second-order valence-corrected chi connectivity index (χ2v) is 4.23. The first-order valence-corrected chi connectivity index (χ1v) is 5.75. The molecule has 3 unspecified atom stereocenters. The van der Waals surface area contributed by atoms with E-state index < -0.39 is 23.9 Å². The lowest BCUT2D eigenvalue weighted by molar-refractivity contribution is -0.0395. The molecule has 0 aliphatic heterocycles. The van der Waals surface area contributed by atoms with E-state index >= 15 is 0 Å². The van der Waals surface area contributed by atoms with Crippen molar-refractivity contribution in [2.24, 2.45) is 5.73 Å². The minimum Gasteiger partial charge on any atom is -0.393 e. The summed E-state index contributed by atoms with van der Waals surface area (Å²) in [5, 5.41) is 29.2. The molecule has 4 nitrogen and oxygen atoms in total. The molecule has 0 aromatic carbocycles. The molecular formula is C11H25NO3. The lowest BCUT2D eigenvalue weighted by Gasteiger charge is -2.39. The summed E-state index contributed by atoms with van der Waals surface area (Å²) < 4.78 is 0. The van der Waals surface area contributed by atoms with Crippen molar-refractivity contribution in [2.45, 2.75) is 70.3 Å². The van der Waals surface area contributed by atoms with Crippen LogP contribution >= 0.6 is 0 Å². The Labute approximate surface area is 92.1 Å². The Morgan fingerprint density at radius 1 is 0.933 bits per heavy atom. The molecule has 3 atom stereocenters. The van der Waals surface area contributed by atoms with Crippen molar-refractivity contribution in [2.75, 3.05) is 0 Å². The van der Waals surface area contributed by atoms with Gasteiger partial charge in [0.1, 0.15) is 0 Å². The molecule has 0 aromatic heterocycles. The number of hydrogen-bond acceptors (Lipinski definition) is 4. The van der Waals surface area contributed by atoms with Crippen LogP contribution in [0.25, 0.3) is 0 Å². The van der Waals surface area contributed by atoms with Crippen molar-refractivity contribution in [3.63, 3.8) is 0 Å². The fourth-order valence-electron chi connectivity index (χ4n) is 1.81. The number of hydrogen-bond donors (Lipinski definition) is 4. The first-order valence-electron chi connectivity index (χ1n) is 5.75. The lowest BCUT2D eigenvalue weighted by Crippen LogP contribution is -2.60. The number of rotatable bonds is 7. The Balaban J connectivity index is 4.68. The number of aliphatic hydroxyl groups excluding tert-OH is 3. The van der Waals surface area contributed by atoms with Gasteiger partial charge in [-0.2, -0.15) is 0 Å². The maximum atomic E-state index is 9.83. The van der Waals surface area contributed by atoms with E-state index in [4.69, 9.17) is 5.73 Å². The van der Waals surface area contributed by atoms with E-state index in [9.17, 15) is 15.3 Å². The van der Waals surface area contributed by atoms with E-state index in [1.54, 1.807) is 0 Å². The van der Waals surface area contributed by atoms with Gasteiger partial charge in [0.15, 0.2) is 0 Å². The molecule has 0 bridgehead atoms. The quantitative estimate of drug-likeness (QED) is 0.499. The van der Waals surface area contributed by atoms with Crippen LogP contribution in [0, 0.1) is 0 Å². The standard InChI is InChI=1S/C11H25NO3/c1-4-8(13)7-11(12,9(14)5-2)10(15)6-3/h8-10,13-15H,4-7,12H2,1-3H3. The average molecular weight is 219 g/mol. The molecule has 0 aliphatic rings. The van der Waals surface area contributed by atoms with E-state index in [-0.39, 0.29) is 6.42 Å². The molecule has 0 saturated carbocycles. The lowest BCUT2D eigenvalue weighted by atomic mass is 9.79. The molecule has 5 N–H and O–H groups in total. The van der Waals surface area contributed by atoms with Crippen LogP contribution < -0.4 is 5.73 Å². The van der Waals surface area contributed by atoms with Crippen LogP contribution in [0.5, 0.6) is 0 Å².